The van der Waals surface area contributed by atoms with Crippen molar-refractivity contribution in [2.24, 2.45) is 11.1 Å². The third-order valence-corrected chi connectivity index (χ3v) is 8.54. The Kier molecular flexibility index (Phi) is 8.16. The number of halogens is 1. The molecule has 9 heteroatoms. The fraction of sp³-hybridized carbons (Fsp3) is 0.708. The maximum absolute atomic E-state index is 12.9. The molecule has 186 valence electrons. The van der Waals surface area contributed by atoms with Crippen molar-refractivity contribution in [3.8, 4) is 5.75 Å². The smallest absolute Gasteiger partial charge is 0.254 e. The van der Waals surface area contributed by atoms with Gasteiger partial charge in [-0.15, -0.1) is 0 Å². The van der Waals surface area contributed by atoms with Crippen molar-refractivity contribution < 1.29 is 23.6 Å². The van der Waals surface area contributed by atoms with E-state index in [1.165, 1.54) is 0 Å². The molecule has 2 fully saturated rings. The van der Waals surface area contributed by atoms with E-state index in [1.807, 2.05) is 45.6 Å². The lowest BCUT2D eigenvalue weighted by molar-refractivity contribution is -0.161. The molecule has 0 spiro atoms. The molecule has 1 unspecified atom stereocenters. The average Bonchev–Trinajstić information content (AvgIpc) is 3.12. The molecule has 2 heterocycles. The molecule has 1 aromatic carbocycles. The van der Waals surface area contributed by atoms with Gasteiger partial charge in [0, 0.05) is 18.1 Å². The molecular weight excluding hydrogens is 464 g/mol. The number of rotatable bonds is 7. The maximum Gasteiger partial charge on any atom is 0.254 e. The molecule has 3 N–H and O–H groups in total. The summed E-state index contributed by atoms with van der Waals surface area (Å²) in [6.45, 7) is 10.8. The van der Waals surface area contributed by atoms with Crippen LogP contribution in [0.2, 0.25) is 5.02 Å². The minimum Gasteiger partial charge on any atom is -0.508 e. The van der Waals surface area contributed by atoms with Gasteiger partial charge in [-0.3, -0.25) is 9.93 Å². The largest absolute Gasteiger partial charge is 0.508 e. The van der Waals surface area contributed by atoms with Gasteiger partial charge in [0.2, 0.25) is 0 Å². The highest BCUT2D eigenvalue weighted by Gasteiger charge is 2.41. The Morgan fingerprint density at radius 1 is 1.36 bits per heavy atom. The molecule has 7 nitrogen and oxygen atoms in total. The van der Waals surface area contributed by atoms with Gasteiger partial charge in [-0.25, -0.2) is 4.21 Å². The monoisotopic (exact) mass is 500 g/mol. The van der Waals surface area contributed by atoms with E-state index in [9.17, 15) is 14.1 Å². The molecule has 1 aromatic rings. The molecule has 2 aliphatic heterocycles. The van der Waals surface area contributed by atoms with Crippen molar-refractivity contribution in [3.63, 3.8) is 0 Å². The van der Waals surface area contributed by atoms with Gasteiger partial charge in [-0.05, 0) is 88.5 Å². The van der Waals surface area contributed by atoms with Gasteiger partial charge in [0.1, 0.15) is 5.75 Å². The molecule has 3 rings (SSSR count). The van der Waals surface area contributed by atoms with E-state index in [-0.39, 0.29) is 30.1 Å². The van der Waals surface area contributed by atoms with Crippen molar-refractivity contribution >= 4 is 28.5 Å². The molecule has 0 bridgehead atoms. The van der Waals surface area contributed by atoms with Crippen LogP contribution in [0.25, 0.3) is 0 Å². The summed E-state index contributed by atoms with van der Waals surface area (Å²) in [6, 6.07) is 3.58. The van der Waals surface area contributed by atoms with Crippen LogP contribution in [0.3, 0.4) is 0 Å². The number of likely N-dealkylation sites (tertiary alicyclic amines) is 1. The summed E-state index contributed by atoms with van der Waals surface area (Å²) >= 11 is 6.50. The van der Waals surface area contributed by atoms with Crippen LogP contribution >= 0.6 is 11.6 Å². The predicted octanol–water partition coefficient (Wildman–Crippen LogP) is 3.87. The number of piperidine rings is 1. The summed E-state index contributed by atoms with van der Waals surface area (Å²) in [5, 5.41) is 17.3. The molecule has 2 aliphatic rings. The van der Waals surface area contributed by atoms with Crippen molar-refractivity contribution in [2.75, 3.05) is 19.7 Å². The number of amides is 1. The van der Waals surface area contributed by atoms with Gasteiger partial charge >= 0.3 is 0 Å². The number of hydrogen-bond donors (Lipinski definition) is 2. The second-order valence-electron chi connectivity index (χ2n) is 10.2. The minimum atomic E-state index is -1.53. The van der Waals surface area contributed by atoms with Crippen LogP contribution in [-0.4, -0.2) is 56.5 Å². The highest BCUT2D eigenvalue weighted by Crippen LogP contribution is 2.44. The van der Waals surface area contributed by atoms with Crippen LogP contribution in [-0.2, 0) is 31.7 Å². The molecule has 2 saturated heterocycles. The van der Waals surface area contributed by atoms with Crippen LogP contribution in [0.1, 0.15) is 70.9 Å². The minimum absolute atomic E-state index is 0.0443. The van der Waals surface area contributed by atoms with Crippen molar-refractivity contribution in [1.82, 2.24) is 4.90 Å². The third kappa shape index (κ3) is 6.09. The summed E-state index contributed by atoms with van der Waals surface area (Å²) in [5.41, 5.74) is 1.65. The molecular formula is C24H37ClN2O5S. The summed E-state index contributed by atoms with van der Waals surface area (Å²) in [6.07, 6.45) is 2.20. The Hall–Kier alpha value is -1.19. The Bertz CT molecular complexity index is 899. The number of ether oxygens (including phenoxy) is 2. The van der Waals surface area contributed by atoms with Crippen molar-refractivity contribution in [2.45, 2.75) is 82.9 Å². The fourth-order valence-electron chi connectivity index (χ4n) is 4.87. The third-order valence-electron chi connectivity index (χ3n) is 6.94. The number of aryl methyl sites for hydroxylation is 1. The molecule has 1 amide bonds. The lowest BCUT2D eigenvalue weighted by atomic mass is 9.75. The Morgan fingerprint density at radius 2 is 2.00 bits per heavy atom. The van der Waals surface area contributed by atoms with Crippen LogP contribution in [0.5, 0.6) is 5.75 Å². The van der Waals surface area contributed by atoms with E-state index in [0.717, 1.165) is 30.4 Å². The number of aromatic hydroxyl groups is 1. The normalized spacial score (nSPS) is 23.5. The average molecular weight is 501 g/mol. The second kappa shape index (κ2) is 10.2. The Labute approximate surface area is 204 Å². The Morgan fingerprint density at radius 3 is 2.52 bits per heavy atom. The van der Waals surface area contributed by atoms with Crippen LogP contribution in [0.4, 0.5) is 0 Å². The summed E-state index contributed by atoms with van der Waals surface area (Å²) in [7, 11) is -1.53. The molecule has 0 saturated carbocycles. The first-order chi connectivity index (χ1) is 15.3. The van der Waals surface area contributed by atoms with Gasteiger partial charge < -0.3 is 19.5 Å². The first-order valence-electron chi connectivity index (χ1n) is 11.6. The Balaban J connectivity index is 1.79. The standard InChI is InChI=1S/C24H37ClN2O5S/c1-6-15-11-20(28)17(12-19(15)25)18(13-23(2,3)33(26)30)16-7-9-27(10-8-16)22(29)21-14-31-24(4,5)32-21/h11-12,16,18,21,28H,6-10,13-14,26H2,1-5H3/t18-,21-,33?/m1/s1. The van der Waals surface area contributed by atoms with E-state index < -0.39 is 27.6 Å². The molecule has 0 radical (unpaired) electrons. The highest BCUT2D eigenvalue weighted by atomic mass is 35.5. The van der Waals surface area contributed by atoms with Crippen molar-refractivity contribution in [3.05, 3.63) is 28.3 Å². The van der Waals surface area contributed by atoms with Gasteiger partial charge in [0.25, 0.3) is 5.91 Å². The maximum atomic E-state index is 12.9. The van der Waals surface area contributed by atoms with Crippen LogP contribution < -0.4 is 5.14 Å². The summed E-state index contributed by atoms with van der Waals surface area (Å²) in [4.78, 5) is 14.8. The van der Waals surface area contributed by atoms with Gasteiger partial charge in [0.05, 0.1) is 22.3 Å². The van der Waals surface area contributed by atoms with Crippen LogP contribution in [0.15, 0.2) is 12.1 Å². The second-order valence-corrected chi connectivity index (χ2v) is 12.3. The zero-order valence-electron chi connectivity index (χ0n) is 20.2. The van der Waals surface area contributed by atoms with E-state index >= 15 is 0 Å². The highest BCUT2D eigenvalue weighted by molar-refractivity contribution is 7.84. The topological polar surface area (TPSA) is 102 Å². The number of carbonyl (C=O) groups excluding carboxylic acids is 1. The van der Waals surface area contributed by atoms with Gasteiger partial charge in [-0.1, -0.05) is 18.5 Å². The zero-order chi connectivity index (χ0) is 24.6. The number of benzene rings is 1. The van der Waals surface area contributed by atoms with E-state index in [4.69, 9.17) is 26.2 Å². The molecule has 33 heavy (non-hydrogen) atoms. The van der Waals surface area contributed by atoms with E-state index in [2.05, 4.69) is 0 Å². The summed E-state index contributed by atoms with van der Waals surface area (Å²) in [5.74, 6) is -0.481. The molecule has 0 aliphatic carbocycles. The SMILES string of the molecule is CCc1cc(O)c([C@H](CC(C)(C)S(N)=O)C2CCN(C(=O)[C@H]3COC(C)(C)O3)CC2)cc1Cl. The molecule has 3 atom stereocenters. The van der Waals surface area contributed by atoms with Gasteiger partial charge in [-0.2, -0.15) is 0 Å². The number of nitrogens with two attached hydrogens (primary N) is 1. The number of nitrogens with zero attached hydrogens (tertiary/aromatic N) is 1. The first-order valence-corrected chi connectivity index (χ1v) is 13.2. The van der Waals surface area contributed by atoms with Gasteiger partial charge in [0.15, 0.2) is 11.9 Å². The van der Waals surface area contributed by atoms with Crippen molar-refractivity contribution in [1.29, 1.82) is 0 Å². The fourth-order valence-corrected chi connectivity index (χ4v) is 5.51. The molecule has 0 aromatic heterocycles. The lowest BCUT2D eigenvalue weighted by Crippen LogP contribution is -2.46. The van der Waals surface area contributed by atoms with Crippen LogP contribution in [0, 0.1) is 5.92 Å². The number of phenols is 1. The number of phenolic OH excluding ortho intramolecular Hbond substituents is 1. The predicted molar refractivity (Wildman–Crippen MR) is 130 cm³/mol. The first kappa shape index (κ1) is 26.4. The van der Waals surface area contributed by atoms with E-state index in [0.29, 0.717) is 24.5 Å². The van der Waals surface area contributed by atoms with E-state index in [1.54, 1.807) is 6.07 Å². The number of hydrogen-bond acceptors (Lipinski definition) is 5. The lowest BCUT2D eigenvalue weighted by Gasteiger charge is -2.39. The summed E-state index contributed by atoms with van der Waals surface area (Å²) < 4.78 is 22.9. The zero-order valence-corrected chi connectivity index (χ0v) is 21.8. The quantitative estimate of drug-likeness (QED) is 0.591. The number of carbonyl (C=O) groups is 1.